The van der Waals surface area contributed by atoms with Crippen LogP contribution < -0.4 is 25.4 Å². The topological polar surface area (TPSA) is 95.1 Å². The average molecular weight is 421 g/mol. The second-order valence-corrected chi connectivity index (χ2v) is 8.09. The number of amides is 1. The molecular formula is C22H36N4O4. The van der Waals surface area contributed by atoms with Gasteiger partial charge in [-0.3, -0.25) is 4.79 Å². The molecule has 0 aromatic heterocycles. The van der Waals surface area contributed by atoms with Gasteiger partial charge in [0, 0.05) is 44.2 Å². The normalized spacial score (nSPS) is 21.7. The van der Waals surface area contributed by atoms with Gasteiger partial charge in [-0.1, -0.05) is 0 Å². The lowest BCUT2D eigenvalue weighted by molar-refractivity contribution is 0.0216. The molecule has 2 atom stereocenters. The van der Waals surface area contributed by atoms with Gasteiger partial charge in [0.1, 0.15) is 0 Å². The van der Waals surface area contributed by atoms with E-state index < -0.39 is 6.10 Å². The summed E-state index contributed by atoms with van der Waals surface area (Å²) in [4.78, 5) is 15.3. The number of nitrogens with zero attached hydrogens (tertiary/aromatic N) is 1. The smallest absolute Gasteiger partial charge is 0.255 e. The lowest BCUT2D eigenvalue weighted by Gasteiger charge is -2.36. The summed E-state index contributed by atoms with van der Waals surface area (Å²) < 4.78 is 11.6. The Bertz CT molecular complexity index is 700. The minimum Gasteiger partial charge on any atom is -0.489 e. The number of unbranched alkanes of at least 4 members (excludes halogenated alkanes) is 1. The number of ether oxygens (including phenoxy) is 2. The second-order valence-electron chi connectivity index (χ2n) is 8.09. The number of carbonyl (C=O) groups excluding carboxylic acids is 1. The van der Waals surface area contributed by atoms with E-state index in [1.54, 1.807) is 6.07 Å². The van der Waals surface area contributed by atoms with Crippen molar-refractivity contribution >= 4 is 11.6 Å². The maximum absolute atomic E-state index is 12.9. The summed E-state index contributed by atoms with van der Waals surface area (Å²) in [7, 11) is 3.78. The van der Waals surface area contributed by atoms with Gasteiger partial charge in [-0.15, -0.1) is 0 Å². The van der Waals surface area contributed by atoms with E-state index in [4.69, 9.17) is 9.47 Å². The third-order valence-corrected chi connectivity index (χ3v) is 5.86. The predicted molar refractivity (Wildman–Crippen MR) is 118 cm³/mol. The molecule has 8 heteroatoms. The van der Waals surface area contributed by atoms with Gasteiger partial charge >= 0.3 is 0 Å². The maximum Gasteiger partial charge on any atom is 0.255 e. The molecule has 168 valence electrons. The Balaban J connectivity index is 1.55. The average Bonchev–Trinajstić information content (AvgIpc) is 3.00. The van der Waals surface area contributed by atoms with Gasteiger partial charge in [-0.2, -0.15) is 0 Å². The first kappa shape index (κ1) is 22.7. The van der Waals surface area contributed by atoms with E-state index in [1.165, 1.54) is 0 Å². The zero-order valence-corrected chi connectivity index (χ0v) is 18.2. The number of rotatable bonds is 9. The van der Waals surface area contributed by atoms with Gasteiger partial charge < -0.3 is 35.4 Å². The molecule has 30 heavy (non-hydrogen) atoms. The Kier molecular flexibility index (Phi) is 8.60. The summed E-state index contributed by atoms with van der Waals surface area (Å²) in [5.74, 6) is 0.957. The molecule has 1 fully saturated rings. The number of fused-ring (bicyclic) bond motifs is 1. The first-order valence-corrected chi connectivity index (χ1v) is 11.1. The summed E-state index contributed by atoms with van der Waals surface area (Å²) in [6, 6.07) is 3.64. The molecule has 2 aliphatic heterocycles. The highest BCUT2D eigenvalue weighted by Gasteiger charge is 2.28. The van der Waals surface area contributed by atoms with Crippen molar-refractivity contribution in [3.05, 3.63) is 17.7 Å². The fourth-order valence-corrected chi connectivity index (χ4v) is 4.03. The molecule has 1 aromatic carbocycles. The van der Waals surface area contributed by atoms with Gasteiger partial charge in [-0.25, -0.2) is 0 Å². The van der Waals surface area contributed by atoms with Crippen molar-refractivity contribution in [2.45, 2.75) is 31.8 Å². The number of aliphatic hydroxyl groups excluding tert-OH is 1. The lowest BCUT2D eigenvalue weighted by Crippen LogP contribution is -2.47. The SMILES string of the molecule is CNCCCCN1CC[C@@H](CNC(=O)c2cc(NC)cc3c2OCCCO3)[C@H](O)C1. The molecule has 8 nitrogen and oxygen atoms in total. The molecule has 1 aromatic rings. The minimum absolute atomic E-state index is 0.0609. The summed E-state index contributed by atoms with van der Waals surface area (Å²) in [6.07, 6.45) is 3.50. The Morgan fingerprint density at radius 2 is 2.07 bits per heavy atom. The first-order valence-electron chi connectivity index (χ1n) is 11.1. The van der Waals surface area contributed by atoms with Crippen molar-refractivity contribution in [3.63, 3.8) is 0 Å². The maximum atomic E-state index is 12.9. The van der Waals surface area contributed by atoms with Crippen molar-refractivity contribution in [3.8, 4) is 11.5 Å². The van der Waals surface area contributed by atoms with E-state index in [1.807, 2.05) is 20.2 Å². The highest BCUT2D eigenvalue weighted by Crippen LogP contribution is 2.36. The number of aliphatic hydroxyl groups is 1. The molecule has 0 bridgehead atoms. The van der Waals surface area contributed by atoms with Crippen molar-refractivity contribution in [2.75, 3.05) is 65.3 Å². The van der Waals surface area contributed by atoms with Crippen LogP contribution in [0.25, 0.3) is 0 Å². The molecule has 1 saturated heterocycles. The van der Waals surface area contributed by atoms with Crippen LogP contribution in [0.3, 0.4) is 0 Å². The zero-order valence-electron chi connectivity index (χ0n) is 18.2. The Morgan fingerprint density at radius 3 is 2.83 bits per heavy atom. The molecule has 2 aliphatic rings. The molecule has 0 unspecified atom stereocenters. The molecule has 3 rings (SSSR count). The van der Waals surface area contributed by atoms with E-state index in [-0.39, 0.29) is 11.8 Å². The fourth-order valence-electron chi connectivity index (χ4n) is 4.03. The van der Waals surface area contributed by atoms with Gasteiger partial charge in [0.2, 0.25) is 0 Å². The monoisotopic (exact) mass is 420 g/mol. The van der Waals surface area contributed by atoms with Crippen LogP contribution in [0, 0.1) is 5.92 Å². The number of carbonyl (C=O) groups is 1. The number of piperidine rings is 1. The number of nitrogens with one attached hydrogen (secondary N) is 3. The van der Waals surface area contributed by atoms with Gasteiger partial charge in [0.15, 0.2) is 11.5 Å². The van der Waals surface area contributed by atoms with E-state index in [0.29, 0.717) is 43.4 Å². The summed E-state index contributed by atoms with van der Waals surface area (Å²) in [5, 5.41) is 19.8. The van der Waals surface area contributed by atoms with Crippen LogP contribution in [0.1, 0.15) is 36.0 Å². The van der Waals surface area contributed by atoms with Gasteiger partial charge in [0.05, 0.1) is 24.9 Å². The van der Waals surface area contributed by atoms with Crippen LogP contribution >= 0.6 is 0 Å². The number of hydrogen-bond donors (Lipinski definition) is 4. The predicted octanol–water partition coefficient (Wildman–Crippen LogP) is 1.30. The molecule has 2 heterocycles. The van der Waals surface area contributed by atoms with Crippen LogP contribution in [-0.2, 0) is 0 Å². The van der Waals surface area contributed by atoms with E-state index in [9.17, 15) is 9.90 Å². The number of benzene rings is 1. The van der Waals surface area contributed by atoms with E-state index in [2.05, 4.69) is 20.9 Å². The number of likely N-dealkylation sites (tertiary alicyclic amines) is 1. The van der Waals surface area contributed by atoms with Crippen molar-refractivity contribution in [1.82, 2.24) is 15.5 Å². The molecule has 0 spiro atoms. The molecule has 1 amide bonds. The highest BCUT2D eigenvalue weighted by atomic mass is 16.5. The molecule has 4 N–H and O–H groups in total. The van der Waals surface area contributed by atoms with Crippen molar-refractivity contribution in [2.24, 2.45) is 5.92 Å². The molecule has 0 radical (unpaired) electrons. The number of hydrogen-bond acceptors (Lipinski definition) is 7. The van der Waals surface area contributed by atoms with Crippen molar-refractivity contribution < 1.29 is 19.4 Å². The molecule has 0 aliphatic carbocycles. The minimum atomic E-state index is -0.427. The third-order valence-electron chi connectivity index (χ3n) is 5.86. The molecular weight excluding hydrogens is 384 g/mol. The van der Waals surface area contributed by atoms with Crippen LogP contribution in [0.4, 0.5) is 5.69 Å². The Labute approximate surface area is 179 Å². The Hall–Kier alpha value is -2.03. The van der Waals surface area contributed by atoms with E-state index >= 15 is 0 Å². The Morgan fingerprint density at radius 1 is 1.23 bits per heavy atom. The van der Waals surface area contributed by atoms with Crippen LogP contribution in [-0.4, -0.2) is 82.1 Å². The molecule has 0 saturated carbocycles. The summed E-state index contributed by atoms with van der Waals surface area (Å²) in [5.41, 5.74) is 1.27. The lowest BCUT2D eigenvalue weighted by atomic mass is 9.93. The van der Waals surface area contributed by atoms with Crippen LogP contribution in [0.2, 0.25) is 0 Å². The van der Waals surface area contributed by atoms with E-state index in [0.717, 1.165) is 51.0 Å². The summed E-state index contributed by atoms with van der Waals surface area (Å²) >= 11 is 0. The quantitative estimate of drug-likeness (QED) is 0.447. The van der Waals surface area contributed by atoms with Crippen LogP contribution in [0.5, 0.6) is 11.5 Å². The highest BCUT2D eigenvalue weighted by molar-refractivity contribution is 5.99. The standard InChI is InChI=1S/C22H36N4O4/c1-23-7-3-4-8-26-9-6-16(19(27)15-26)14-25-22(28)18-12-17(24-2)13-20-21(18)30-11-5-10-29-20/h12-13,16,19,23-24,27H,3-11,14-15H2,1-2H3,(H,25,28)/t16-,19+/m0/s1. The van der Waals surface area contributed by atoms with Crippen molar-refractivity contribution in [1.29, 1.82) is 0 Å². The van der Waals surface area contributed by atoms with Crippen LogP contribution in [0.15, 0.2) is 12.1 Å². The summed E-state index contributed by atoms with van der Waals surface area (Å²) in [6.45, 7) is 5.21. The number of β-amino-alcohol motifs (C(OH)–C–C–N with tert-alkyl or cyclic N) is 1. The largest absolute Gasteiger partial charge is 0.489 e. The van der Waals surface area contributed by atoms with Gasteiger partial charge in [0.25, 0.3) is 5.91 Å². The zero-order chi connectivity index (χ0) is 21.3. The fraction of sp³-hybridized carbons (Fsp3) is 0.682. The third kappa shape index (κ3) is 6.00. The second kappa shape index (κ2) is 11.4. The first-order chi connectivity index (χ1) is 14.6. The van der Waals surface area contributed by atoms with Gasteiger partial charge in [-0.05, 0) is 52.0 Å². The number of anilines is 1.